The number of halogens is 1. The number of benzene rings is 1. The van der Waals surface area contributed by atoms with E-state index in [1.165, 1.54) is 25.8 Å². The van der Waals surface area contributed by atoms with Gasteiger partial charge in [-0.15, -0.1) is 0 Å². The molecule has 0 saturated carbocycles. The summed E-state index contributed by atoms with van der Waals surface area (Å²) in [5.74, 6) is 0.276. The molecule has 0 N–H and O–H groups in total. The second-order valence-electron chi connectivity index (χ2n) is 5.83. The van der Waals surface area contributed by atoms with Gasteiger partial charge in [0.1, 0.15) is 0 Å². The van der Waals surface area contributed by atoms with Crippen LogP contribution < -0.4 is 0 Å². The Morgan fingerprint density at radius 1 is 1.15 bits per heavy atom. The summed E-state index contributed by atoms with van der Waals surface area (Å²) in [4.78, 5) is 17.0. The highest BCUT2D eigenvalue weighted by molar-refractivity contribution is 9.10. The highest BCUT2D eigenvalue weighted by Gasteiger charge is 2.30. The number of piperazine rings is 1. The van der Waals surface area contributed by atoms with E-state index < -0.39 is 0 Å². The smallest absolute Gasteiger partial charge is 0.227 e. The molecule has 0 aliphatic carbocycles. The normalized spacial score (nSPS) is 23.4. The van der Waals surface area contributed by atoms with Crippen molar-refractivity contribution >= 4 is 21.8 Å². The van der Waals surface area contributed by atoms with Gasteiger partial charge in [-0.25, -0.2) is 0 Å². The minimum absolute atomic E-state index is 0.276. The van der Waals surface area contributed by atoms with Gasteiger partial charge in [0.2, 0.25) is 5.91 Å². The predicted octanol–water partition coefficient (Wildman–Crippen LogP) is 2.69. The fourth-order valence-electron chi connectivity index (χ4n) is 3.27. The van der Waals surface area contributed by atoms with Gasteiger partial charge >= 0.3 is 0 Å². The van der Waals surface area contributed by atoms with Crippen molar-refractivity contribution in [3.8, 4) is 0 Å². The molecule has 1 unspecified atom stereocenters. The molecule has 2 aliphatic rings. The first-order chi connectivity index (χ1) is 9.72. The van der Waals surface area contributed by atoms with Crippen molar-refractivity contribution in [3.05, 3.63) is 34.3 Å². The number of piperidine rings is 1. The zero-order valence-corrected chi connectivity index (χ0v) is 13.3. The third kappa shape index (κ3) is 3.23. The van der Waals surface area contributed by atoms with Gasteiger partial charge < -0.3 is 4.90 Å². The molecule has 1 atom stereocenters. The molecular weight excluding hydrogens is 316 g/mol. The van der Waals surface area contributed by atoms with E-state index in [4.69, 9.17) is 0 Å². The number of hydrogen-bond acceptors (Lipinski definition) is 2. The fourth-order valence-corrected chi connectivity index (χ4v) is 3.54. The highest BCUT2D eigenvalue weighted by atomic mass is 79.9. The standard InChI is InChI=1S/C16H21BrN2O/c17-14-6-4-13(5-7-14)11-16(20)19-10-9-18-8-2-1-3-15(18)12-19/h4-7,15H,1-3,8-12H2. The third-order valence-corrected chi connectivity index (χ3v) is 4.99. The molecule has 1 amide bonds. The Bertz CT molecular complexity index is 474. The molecule has 2 aliphatic heterocycles. The molecule has 1 aromatic rings. The zero-order chi connectivity index (χ0) is 13.9. The van der Waals surface area contributed by atoms with Crippen molar-refractivity contribution in [2.24, 2.45) is 0 Å². The van der Waals surface area contributed by atoms with Crippen molar-refractivity contribution in [3.63, 3.8) is 0 Å². The average Bonchev–Trinajstić information content (AvgIpc) is 2.49. The lowest BCUT2D eigenvalue weighted by molar-refractivity contribution is -0.134. The maximum atomic E-state index is 12.4. The lowest BCUT2D eigenvalue weighted by atomic mass is 9.99. The maximum Gasteiger partial charge on any atom is 0.227 e. The van der Waals surface area contributed by atoms with Crippen LogP contribution in [0, 0.1) is 0 Å². The molecule has 0 bridgehead atoms. The SMILES string of the molecule is O=C(Cc1ccc(Br)cc1)N1CCN2CCCCC2C1. The molecule has 2 fully saturated rings. The van der Waals surface area contributed by atoms with Crippen LogP contribution in [0.15, 0.2) is 28.7 Å². The van der Waals surface area contributed by atoms with Gasteiger partial charge in [0.15, 0.2) is 0 Å². The van der Waals surface area contributed by atoms with E-state index in [9.17, 15) is 4.79 Å². The first-order valence-corrected chi connectivity index (χ1v) is 8.28. The molecule has 0 spiro atoms. The molecule has 2 saturated heterocycles. The van der Waals surface area contributed by atoms with Gasteiger partial charge in [0, 0.05) is 30.1 Å². The van der Waals surface area contributed by atoms with Crippen LogP contribution in [-0.4, -0.2) is 47.9 Å². The number of fused-ring (bicyclic) bond motifs is 1. The van der Waals surface area contributed by atoms with Crippen molar-refractivity contribution in [2.75, 3.05) is 26.2 Å². The Balaban J connectivity index is 1.58. The largest absolute Gasteiger partial charge is 0.340 e. The van der Waals surface area contributed by atoms with Gasteiger partial charge in [-0.2, -0.15) is 0 Å². The number of hydrogen-bond donors (Lipinski definition) is 0. The summed E-state index contributed by atoms with van der Waals surface area (Å²) in [6.07, 6.45) is 4.42. The maximum absolute atomic E-state index is 12.4. The molecule has 0 aromatic heterocycles. The summed E-state index contributed by atoms with van der Waals surface area (Å²) in [6.45, 7) is 4.09. The molecule has 108 valence electrons. The molecule has 4 heteroatoms. The quantitative estimate of drug-likeness (QED) is 0.828. The van der Waals surface area contributed by atoms with E-state index in [1.54, 1.807) is 0 Å². The number of nitrogens with zero attached hydrogens (tertiary/aromatic N) is 2. The van der Waals surface area contributed by atoms with Crippen LogP contribution in [0.4, 0.5) is 0 Å². The van der Waals surface area contributed by atoms with Crippen LogP contribution in [0.1, 0.15) is 24.8 Å². The summed E-state index contributed by atoms with van der Waals surface area (Å²) in [5.41, 5.74) is 1.10. The lowest BCUT2D eigenvalue weighted by Crippen LogP contribution is -2.56. The Morgan fingerprint density at radius 2 is 1.95 bits per heavy atom. The summed E-state index contributed by atoms with van der Waals surface area (Å²) < 4.78 is 1.06. The monoisotopic (exact) mass is 336 g/mol. The van der Waals surface area contributed by atoms with Crippen LogP contribution in [0.5, 0.6) is 0 Å². The molecule has 3 nitrogen and oxygen atoms in total. The summed E-state index contributed by atoms with van der Waals surface area (Å²) in [7, 11) is 0. The topological polar surface area (TPSA) is 23.6 Å². The van der Waals surface area contributed by atoms with Crippen LogP contribution in [0.3, 0.4) is 0 Å². The van der Waals surface area contributed by atoms with Crippen molar-refractivity contribution in [2.45, 2.75) is 31.7 Å². The summed E-state index contributed by atoms with van der Waals surface area (Å²) in [6, 6.07) is 8.66. The minimum atomic E-state index is 0.276. The van der Waals surface area contributed by atoms with Gasteiger partial charge in [0.05, 0.1) is 6.42 Å². The van der Waals surface area contributed by atoms with Gasteiger partial charge in [-0.3, -0.25) is 9.69 Å². The second-order valence-corrected chi connectivity index (χ2v) is 6.74. The molecular formula is C16H21BrN2O. The Kier molecular flexibility index (Phi) is 4.41. The molecule has 2 heterocycles. The van der Waals surface area contributed by atoms with Gasteiger partial charge in [0.25, 0.3) is 0 Å². The lowest BCUT2D eigenvalue weighted by Gasteiger charge is -2.44. The molecule has 1 aromatic carbocycles. The van der Waals surface area contributed by atoms with Crippen LogP contribution in [0.2, 0.25) is 0 Å². The van der Waals surface area contributed by atoms with Gasteiger partial charge in [-0.05, 0) is 37.1 Å². The van der Waals surface area contributed by atoms with Crippen molar-refractivity contribution in [1.29, 1.82) is 0 Å². The van der Waals surface area contributed by atoms with E-state index in [-0.39, 0.29) is 5.91 Å². The van der Waals surface area contributed by atoms with E-state index in [1.807, 2.05) is 24.3 Å². The zero-order valence-electron chi connectivity index (χ0n) is 11.7. The number of rotatable bonds is 2. The molecule has 3 rings (SSSR count). The van der Waals surface area contributed by atoms with Crippen LogP contribution in [0.25, 0.3) is 0 Å². The van der Waals surface area contributed by atoms with E-state index in [2.05, 4.69) is 25.7 Å². The highest BCUT2D eigenvalue weighted by Crippen LogP contribution is 2.21. The van der Waals surface area contributed by atoms with Crippen molar-refractivity contribution in [1.82, 2.24) is 9.80 Å². The summed E-state index contributed by atoms with van der Waals surface area (Å²) in [5, 5.41) is 0. The fraction of sp³-hybridized carbons (Fsp3) is 0.562. The number of carbonyl (C=O) groups is 1. The molecule has 0 radical (unpaired) electrons. The first-order valence-electron chi connectivity index (χ1n) is 7.48. The Morgan fingerprint density at radius 3 is 2.75 bits per heavy atom. The Hall–Kier alpha value is -0.870. The van der Waals surface area contributed by atoms with Crippen LogP contribution in [-0.2, 0) is 11.2 Å². The predicted molar refractivity (Wildman–Crippen MR) is 83.6 cm³/mol. The average molecular weight is 337 g/mol. The van der Waals surface area contributed by atoms with E-state index in [0.29, 0.717) is 12.5 Å². The van der Waals surface area contributed by atoms with E-state index in [0.717, 1.165) is 29.7 Å². The summed E-state index contributed by atoms with van der Waals surface area (Å²) >= 11 is 3.43. The minimum Gasteiger partial charge on any atom is -0.340 e. The number of amides is 1. The first kappa shape index (κ1) is 14.1. The van der Waals surface area contributed by atoms with Gasteiger partial charge in [-0.1, -0.05) is 34.5 Å². The Labute approximate surface area is 129 Å². The second kappa shape index (κ2) is 6.27. The third-order valence-electron chi connectivity index (χ3n) is 4.46. The number of carbonyl (C=O) groups excluding carboxylic acids is 1. The van der Waals surface area contributed by atoms with Crippen molar-refractivity contribution < 1.29 is 4.79 Å². The molecule has 20 heavy (non-hydrogen) atoms. The van der Waals surface area contributed by atoms with E-state index >= 15 is 0 Å². The van der Waals surface area contributed by atoms with Crippen LogP contribution >= 0.6 is 15.9 Å².